The van der Waals surface area contributed by atoms with Crippen LogP contribution >= 0.6 is 12.2 Å². The van der Waals surface area contributed by atoms with Crippen LogP contribution in [0, 0.1) is 0 Å². The smallest absolute Gasteiger partial charge is 0.187 e. The molecular weight excluding hydrogens is 382 g/mol. The van der Waals surface area contributed by atoms with Crippen molar-refractivity contribution >= 4 is 34.4 Å². The number of H-pyrrole nitrogens is 1. The summed E-state index contributed by atoms with van der Waals surface area (Å²) in [6.07, 6.45) is 1.83. The summed E-state index contributed by atoms with van der Waals surface area (Å²) in [5.74, 6) is 0. The molecule has 1 aliphatic heterocycles. The molecule has 0 aliphatic carbocycles. The van der Waals surface area contributed by atoms with Crippen molar-refractivity contribution in [2.75, 3.05) is 39.4 Å². The third kappa shape index (κ3) is 5.00. The third-order valence-electron chi connectivity index (χ3n) is 4.99. The highest BCUT2D eigenvalue weighted by Gasteiger charge is 2.11. The predicted molar refractivity (Wildman–Crippen MR) is 122 cm³/mol. The summed E-state index contributed by atoms with van der Waals surface area (Å²) in [5.41, 5.74) is 7.22. The predicted octanol–water partition coefficient (Wildman–Crippen LogP) is 2.97. The number of para-hydroxylation sites is 1. The Morgan fingerprint density at radius 1 is 1.10 bits per heavy atom. The number of rotatable bonds is 6. The van der Waals surface area contributed by atoms with Crippen LogP contribution in [-0.2, 0) is 4.74 Å². The number of aromatic amines is 1. The molecule has 0 bridgehead atoms. The van der Waals surface area contributed by atoms with Crippen molar-refractivity contribution < 1.29 is 4.74 Å². The van der Waals surface area contributed by atoms with Gasteiger partial charge in [-0.25, -0.2) is 0 Å². The van der Waals surface area contributed by atoms with Crippen molar-refractivity contribution in [3.05, 3.63) is 60.2 Å². The molecule has 0 radical (unpaired) electrons. The van der Waals surface area contributed by atoms with E-state index in [1.807, 2.05) is 36.5 Å². The van der Waals surface area contributed by atoms with Crippen molar-refractivity contribution in [1.29, 1.82) is 0 Å². The minimum absolute atomic E-state index is 0.524. The number of ether oxygens (including phenoxy) is 1. The van der Waals surface area contributed by atoms with Crippen LogP contribution in [0.2, 0.25) is 0 Å². The van der Waals surface area contributed by atoms with Crippen molar-refractivity contribution in [3.8, 4) is 11.3 Å². The molecule has 6 nitrogen and oxygen atoms in total. The molecule has 1 aromatic heterocycles. The number of fused-ring (bicyclic) bond motifs is 1. The fourth-order valence-electron chi connectivity index (χ4n) is 3.48. The van der Waals surface area contributed by atoms with Gasteiger partial charge < -0.3 is 15.0 Å². The maximum atomic E-state index is 5.37. The van der Waals surface area contributed by atoms with Crippen LogP contribution in [0.25, 0.3) is 22.2 Å². The van der Waals surface area contributed by atoms with Crippen LogP contribution in [0.3, 0.4) is 0 Å². The largest absolute Gasteiger partial charge is 0.379 e. The molecule has 0 saturated carbocycles. The lowest BCUT2D eigenvalue weighted by molar-refractivity contribution is 0.0389. The molecule has 2 heterocycles. The van der Waals surface area contributed by atoms with Gasteiger partial charge in [0.2, 0.25) is 0 Å². The van der Waals surface area contributed by atoms with Crippen molar-refractivity contribution in [3.63, 3.8) is 0 Å². The molecule has 3 aromatic rings. The van der Waals surface area contributed by atoms with Gasteiger partial charge >= 0.3 is 0 Å². The second-order valence-corrected chi connectivity index (χ2v) is 7.31. The highest BCUT2D eigenvalue weighted by Crippen LogP contribution is 2.28. The lowest BCUT2D eigenvalue weighted by Gasteiger charge is -2.26. The Balaban J connectivity index is 1.40. The Labute approximate surface area is 175 Å². The van der Waals surface area contributed by atoms with E-state index in [1.165, 1.54) is 0 Å². The van der Waals surface area contributed by atoms with E-state index in [0.717, 1.165) is 67.1 Å². The molecule has 1 aliphatic rings. The van der Waals surface area contributed by atoms with Gasteiger partial charge in [-0.05, 0) is 23.8 Å². The van der Waals surface area contributed by atoms with Crippen molar-refractivity contribution in [1.82, 2.24) is 20.6 Å². The topological polar surface area (TPSA) is 64.7 Å². The fraction of sp³-hybridized carbons (Fsp3) is 0.273. The third-order valence-corrected chi connectivity index (χ3v) is 5.22. The maximum absolute atomic E-state index is 5.37. The molecular formula is C22H25N5OS. The molecule has 3 N–H and O–H groups in total. The standard InChI is InChI=1S/C22H25N5OS/c29-22(23-10-11-27-12-14-28-15-13-27)26-24-16-19-18-8-4-5-9-20(18)25-21(19)17-6-2-1-3-7-17/h1-9,16,25H,10-15H2,(H2,23,26,29)/b24-16+. The Morgan fingerprint density at radius 3 is 2.69 bits per heavy atom. The second kappa shape index (κ2) is 9.65. The van der Waals surface area contributed by atoms with Gasteiger partial charge in [0.05, 0.1) is 25.1 Å². The number of nitrogens with zero attached hydrogens (tertiary/aromatic N) is 2. The van der Waals surface area contributed by atoms with Crippen molar-refractivity contribution in [2.45, 2.75) is 0 Å². The number of aromatic nitrogens is 1. The number of hydrogen-bond acceptors (Lipinski definition) is 4. The molecule has 150 valence electrons. The van der Waals surface area contributed by atoms with E-state index in [4.69, 9.17) is 17.0 Å². The SMILES string of the molecule is S=C(NCCN1CCOCC1)N/N=C/c1c(-c2ccccc2)[nH]c2ccccc12. The zero-order chi connectivity index (χ0) is 19.9. The van der Waals surface area contributed by atoms with Gasteiger partial charge in [-0.2, -0.15) is 5.10 Å². The highest BCUT2D eigenvalue weighted by atomic mass is 32.1. The van der Waals surface area contributed by atoms with Gasteiger partial charge in [0, 0.05) is 42.6 Å². The normalized spacial score (nSPS) is 15.0. The number of nitrogens with one attached hydrogen (secondary N) is 3. The summed E-state index contributed by atoms with van der Waals surface area (Å²) >= 11 is 5.35. The minimum Gasteiger partial charge on any atom is -0.379 e. The first-order valence-corrected chi connectivity index (χ1v) is 10.3. The van der Waals surface area contributed by atoms with E-state index >= 15 is 0 Å². The molecule has 0 amide bonds. The zero-order valence-electron chi connectivity index (χ0n) is 16.2. The Morgan fingerprint density at radius 2 is 1.86 bits per heavy atom. The van der Waals surface area contributed by atoms with E-state index < -0.39 is 0 Å². The molecule has 1 saturated heterocycles. The van der Waals surface area contributed by atoms with Gasteiger partial charge in [-0.15, -0.1) is 0 Å². The minimum atomic E-state index is 0.524. The summed E-state index contributed by atoms with van der Waals surface area (Å²) < 4.78 is 5.37. The molecule has 0 spiro atoms. The summed E-state index contributed by atoms with van der Waals surface area (Å²) in [4.78, 5) is 5.87. The average molecular weight is 408 g/mol. The van der Waals surface area contributed by atoms with E-state index in [9.17, 15) is 0 Å². The van der Waals surface area contributed by atoms with Crippen LogP contribution in [0.15, 0.2) is 59.7 Å². The first-order valence-electron chi connectivity index (χ1n) is 9.84. The zero-order valence-corrected chi connectivity index (χ0v) is 17.0. The van der Waals surface area contributed by atoms with Crippen LogP contribution in [-0.4, -0.2) is 60.6 Å². The number of hydrogen-bond donors (Lipinski definition) is 3. The summed E-state index contributed by atoms with van der Waals surface area (Å²) in [7, 11) is 0. The number of thiocarbonyl (C=S) groups is 1. The molecule has 7 heteroatoms. The summed E-state index contributed by atoms with van der Waals surface area (Å²) in [6, 6.07) is 18.5. The summed E-state index contributed by atoms with van der Waals surface area (Å²) in [6.45, 7) is 5.29. The van der Waals surface area contributed by atoms with E-state index in [-0.39, 0.29) is 0 Å². The van der Waals surface area contributed by atoms with Gasteiger partial charge in [0.15, 0.2) is 5.11 Å². The average Bonchev–Trinajstić information content (AvgIpc) is 3.14. The van der Waals surface area contributed by atoms with E-state index in [2.05, 4.69) is 50.0 Å². The second-order valence-electron chi connectivity index (χ2n) is 6.91. The number of benzene rings is 2. The van der Waals surface area contributed by atoms with Gasteiger partial charge in [-0.3, -0.25) is 10.3 Å². The fourth-order valence-corrected chi connectivity index (χ4v) is 3.63. The molecule has 1 fully saturated rings. The Kier molecular flexibility index (Phi) is 6.51. The van der Waals surface area contributed by atoms with E-state index in [0.29, 0.717) is 5.11 Å². The lowest BCUT2D eigenvalue weighted by atomic mass is 10.1. The first kappa shape index (κ1) is 19.6. The summed E-state index contributed by atoms with van der Waals surface area (Å²) in [5, 5.41) is 9.24. The Bertz CT molecular complexity index is 979. The van der Waals surface area contributed by atoms with Crippen LogP contribution in [0.1, 0.15) is 5.56 Å². The maximum Gasteiger partial charge on any atom is 0.187 e. The first-order chi connectivity index (χ1) is 14.3. The van der Waals surface area contributed by atoms with Crippen LogP contribution < -0.4 is 10.7 Å². The quantitative estimate of drug-likeness (QED) is 0.333. The monoisotopic (exact) mass is 407 g/mol. The van der Waals surface area contributed by atoms with Gasteiger partial charge in [0.1, 0.15) is 0 Å². The molecule has 0 unspecified atom stereocenters. The van der Waals surface area contributed by atoms with E-state index in [1.54, 1.807) is 0 Å². The Hall–Kier alpha value is -2.74. The van der Waals surface area contributed by atoms with Gasteiger partial charge in [-0.1, -0.05) is 48.5 Å². The number of morpholine rings is 1. The van der Waals surface area contributed by atoms with Crippen LogP contribution in [0.5, 0.6) is 0 Å². The van der Waals surface area contributed by atoms with Gasteiger partial charge in [0.25, 0.3) is 0 Å². The molecule has 0 atom stereocenters. The highest BCUT2D eigenvalue weighted by molar-refractivity contribution is 7.80. The molecule has 29 heavy (non-hydrogen) atoms. The molecule has 4 rings (SSSR count). The number of hydrazone groups is 1. The van der Waals surface area contributed by atoms with Crippen molar-refractivity contribution in [2.24, 2.45) is 5.10 Å². The lowest BCUT2D eigenvalue weighted by Crippen LogP contribution is -2.42. The van der Waals surface area contributed by atoms with Crippen LogP contribution in [0.4, 0.5) is 0 Å². The molecule has 2 aromatic carbocycles.